The maximum absolute atomic E-state index is 10.0. The van der Waals surface area contributed by atoms with Crippen molar-refractivity contribution >= 4 is 44.5 Å². The van der Waals surface area contributed by atoms with E-state index in [9.17, 15) is 15.8 Å². The summed E-state index contributed by atoms with van der Waals surface area (Å²) in [5.41, 5.74) is 12.5. The molecule has 0 saturated heterocycles. The van der Waals surface area contributed by atoms with Gasteiger partial charge in [-0.1, -0.05) is 66.8 Å². The van der Waals surface area contributed by atoms with E-state index in [2.05, 4.69) is 119 Å². The molecular weight excluding hydrogens is 611 g/mol. The number of benzene rings is 3. The lowest BCUT2D eigenvalue weighted by molar-refractivity contribution is 0.621. The Bertz CT molecular complexity index is 2600. The van der Waals surface area contributed by atoms with Gasteiger partial charge in [0.1, 0.15) is 0 Å². The van der Waals surface area contributed by atoms with Crippen LogP contribution < -0.4 is 0 Å². The van der Waals surface area contributed by atoms with Crippen molar-refractivity contribution in [3.05, 3.63) is 154 Å². The quantitative estimate of drug-likeness (QED) is 0.191. The Labute approximate surface area is 292 Å². The third-order valence-electron chi connectivity index (χ3n) is 10.5. The van der Waals surface area contributed by atoms with Gasteiger partial charge in [-0.25, -0.2) is 0 Å². The van der Waals surface area contributed by atoms with E-state index in [1.807, 2.05) is 37.3 Å². The fraction of sp³-hybridized carbons (Fsp3) is 0.178. The summed E-state index contributed by atoms with van der Waals surface area (Å²) in [6.07, 6.45) is 23.3. The lowest BCUT2D eigenvalue weighted by Gasteiger charge is -2.27. The Balaban J connectivity index is 1.19. The Hall–Kier alpha value is -6.35. The smallest absolute Gasteiger partial charge is 0.0998 e. The molecule has 8 rings (SSSR count). The minimum Gasteiger partial charge on any atom is -0.333 e. The van der Waals surface area contributed by atoms with Crippen LogP contribution in [0.25, 0.3) is 44.5 Å². The number of fused-ring (bicyclic) bond motifs is 4. The van der Waals surface area contributed by atoms with Gasteiger partial charge in [0.05, 0.1) is 46.4 Å². The first-order chi connectivity index (χ1) is 24.5. The number of aromatic nitrogens is 2. The second-order valence-electron chi connectivity index (χ2n) is 13.3. The maximum Gasteiger partial charge on any atom is 0.0998 e. The largest absolute Gasteiger partial charge is 0.333 e. The van der Waals surface area contributed by atoms with Crippen LogP contribution in [0.15, 0.2) is 132 Å². The van der Waals surface area contributed by atoms with Gasteiger partial charge in [0, 0.05) is 44.6 Å². The molecule has 0 bridgehead atoms. The first kappa shape index (κ1) is 31.0. The van der Waals surface area contributed by atoms with E-state index in [-0.39, 0.29) is 12.0 Å². The normalized spacial score (nSPS) is 19.1. The van der Waals surface area contributed by atoms with Crippen molar-refractivity contribution < 1.29 is 0 Å². The molecule has 2 unspecified atom stereocenters. The van der Waals surface area contributed by atoms with E-state index >= 15 is 0 Å². The maximum atomic E-state index is 10.0. The zero-order chi connectivity index (χ0) is 34.4. The van der Waals surface area contributed by atoms with Crippen molar-refractivity contribution in [3.8, 4) is 18.2 Å². The number of para-hydroxylation sites is 1. The van der Waals surface area contributed by atoms with E-state index in [1.54, 1.807) is 0 Å². The fourth-order valence-corrected chi connectivity index (χ4v) is 8.18. The molecule has 240 valence electrons. The van der Waals surface area contributed by atoms with Gasteiger partial charge in [-0.05, 0) is 110 Å². The van der Waals surface area contributed by atoms with Gasteiger partial charge in [0.15, 0.2) is 0 Å². The summed E-state index contributed by atoms with van der Waals surface area (Å²) in [4.78, 5) is 0. The molecular formula is C45H35N5. The Morgan fingerprint density at radius 3 is 2.46 bits per heavy atom. The molecule has 5 nitrogen and oxygen atoms in total. The van der Waals surface area contributed by atoms with Crippen molar-refractivity contribution in [1.82, 2.24) is 9.13 Å². The second kappa shape index (κ2) is 12.6. The molecule has 5 heteroatoms. The number of allylic oxidation sites excluding steroid dienone is 13. The Kier molecular flexibility index (Phi) is 7.80. The van der Waals surface area contributed by atoms with Crippen LogP contribution >= 0.6 is 0 Å². The summed E-state index contributed by atoms with van der Waals surface area (Å²) in [5, 5.41) is 32.7. The van der Waals surface area contributed by atoms with Crippen molar-refractivity contribution in [2.24, 2.45) is 5.92 Å². The number of aryl methyl sites for hydroxylation is 1. The van der Waals surface area contributed by atoms with Crippen molar-refractivity contribution in [3.63, 3.8) is 0 Å². The molecule has 3 aliphatic rings. The zero-order valence-electron chi connectivity index (χ0n) is 28.2. The standard InChI is InChI=1S/C45H35N5/c1-3-8-40-29(2)38-23-30(26-46)15-21-42(38)49(40)36-19-17-32(18-20-36)33-9-6-10-34(25-33)39-24-31(27-47)16-22-43(39)50-41-13-5-4-12-37(41)45-35(28-48)11-7-14-44(45)50/h3-9,11-15,17-19,21,23-25,34,36H,10,16,20,22H2,1-2H3/b8-3-. The van der Waals surface area contributed by atoms with Gasteiger partial charge in [-0.15, -0.1) is 0 Å². The van der Waals surface area contributed by atoms with E-state index in [0.29, 0.717) is 17.5 Å². The van der Waals surface area contributed by atoms with Crippen LogP contribution in [0.1, 0.15) is 61.0 Å². The number of hydrogen-bond acceptors (Lipinski definition) is 3. The van der Waals surface area contributed by atoms with Gasteiger partial charge >= 0.3 is 0 Å². The zero-order valence-corrected chi connectivity index (χ0v) is 28.2. The lowest BCUT2D eigenvalue weighted by atomic mass is 9.81. The molecule has 3 aromatic carbocycles. The van der Waals surface area contributed by atoms with E-state index in [1.165, 1.54) is 33.7 Å². The lowest BCUT2D eigenvalue weighted by Crippen LogP contribution is -2.14. The van der Waals surface area contributed by atoms with Crippen molar-refractivity contribution in [1.29, 1.82) is 15.8 Å². The molecule has 0 spiro atoms. The van der Waals surface area contributed by atoms with Crippen LogP contribution in [0.5, 0.6) is 0 Å². The topological polar surface area (TPSA) is 81.2 Å². The van der Waals surface area contributed by atoms with Gasteiger partial charge in [0.2, 0.25) is 0 Å². The number of hydrogen-bond donors (Lipinski definition) is 0. The molecule has 0 fully saturated rings. The summed E-state index contributed by atoms with van der Waals surface area (Å²) in [5.74, 6) is 0.0997. The van der Waals surface area contributed by atoms with Crippen LogP contribution in [-0.2, 0) is 0 Å². The van der Waals surface area contributed by atoms with Crippen molar-refractivity contribution in [2.75, 3.05) is 0 Å². The summed E-state index contributed by atoms with van der Waals surface area (Å²) >= 11 is 0. The highest BCUT2D eigenvalue weighted by atomic mass is 15.0. The molecule has 2 atom stereocenters. The van der Waals surface area contributed by atoms with Gasteiger partial charge in [-0.3, -0.25) is 0 Å². The average molecular weight is 646 g/mol. The molecule has 0 aliphatic heterocycles. The van der Waals surface area contributed by atoms with Crippen LogP contribution in [0.3, 0.4) is 0 Å². The van der Waals surface area contributed by atoms with Crippen LogP contribution in [0.4, 0.5) is 0 Å². The van der Waals surface area contributed by atoms with Gasteiger partial charge in [0.25, 0.3) is 0 Å². The average Bonchev–Trinajstić information content (AvgIpc) is 3.65. The minimum atomic E-state index is 0.0997. The van der Waals surface area contributed by atoms with Crippen LogP contribution in [-0.4, -0.2) is 9.13 Å². The predicted molar refractivity (Wildman–Crippen MR) is 203 cm³/mol. The van der Waals surface area contributed by atoms with Crippen molar-refractivity contribution in [2.45, 2.75) is 45.6 Å². The third-order valence-corrected chi connectivity index (χ3v) is 10.5. The second-order valence-corrected chi connectivity index (χ2v) is 13.3. The molecule has 3 aliphatic carbocycles. The molecule has 0 amide bonds. The minimum absolute atomic E-state index is 0.0997. The Morgan fingerprint density at radius 1 is 0.820 bits per heavy atom. The predicted octanol–water partition coefficient (Wildman–Crippen LogP) is 10.9. The summed E-state index contributed by atoms with van der Waals surface area (Å²) in [6.45, 7) is 4.19. The number of nitriles is 3. The molecule has 50 heavy (non-hydrogen) atoms. The molecule has 5 aromatic rings. The first-order valence-electron chi connectivity index (χ1n) is 17.2. The fourth-order valence-electron chi connectivity index (χ4n) is 8.18. The highest BCUT2D eigenvalue weighted by Crippen LogP contribution is 2.42. The van der Waals surface area contributed by atoms with E-state index in [4.69, 9.17) is 0 Å². The molecule has 0 N–H and O–H groups in total. The molecule has 2 heterocycles. The third kappa shape index (κ3) is 4.97. The van der Waals surface area contributed by atoms with Crippen LogP contribution in [0.2, 0.25) is 0 Å². The summed E-state index contributed by atoms with van der Waals surface area (Å²) < 4.78 is 4.74. The molecule has 0 saturated carbocycles. The highest BCUT2D eigenvalue weighted by Gasteiger charge is 2.26. The number of nitrogens with zero attached hydrogens (tertiary/aromatic N) is 5. The van der Waals surface area contributed by atoms with Crippen LogP contribution in [0, 0.1) is 46.8 Å². The van der Waals surface area contributed by atoms with E-state index in [0.717, 1.165) is 57.5 Å². The van der Waals surface area contributed by atoms with Gasteiger partial charge < -0.3 is 9.13 Å². The number of rotatable bonds is 5. The highest BCUT2D eigenvalue weighted by molar-refractivity contribution is 6.12. The summed E-state index contributed by atoms with van der Waals surface area (Å²) in [6, 6.07) is 27.6. The SMILES string of the molecule is C/C=C\c1c(C)c2cc(C#N)ccc2n1C1C=CC(C2=CC(C3=C(n4c5ccccc5c5c(C#N)cccc54)CCC(C#N)=C3)CC=C2)=CC1. The summed E-state index contributed by atoms with van der Waals surface area (Å²) in [7, 11) is 0. The first-order valence-corrected chi connectivity index (χ1v) is 17.2. The Morgan fingerprint density at radius 2 is 1.68 bits per heavy atom. The monoisotopic (exact) mass is 645 g/mol. The van der Waals surface area contributed by atoms with Gasteiger partial charge in [-0.2, -0.15) is 15.8 Å². The molecule has 2 aromatic heterocycles. The molecule has 0 radical (unpaired) electrons. The van der Waals surface area contributed by atoms with E-state index < -0.39 is 0 Å².